The third-order valence-corrected chi connectivity index (χ3v) is 8.67. The highest BCUT2D eigenvalue weighted by Crippen LogP contribution is 2.35. The fourth-order valence-electron chi connectivity index (χ4n) is 6.68. The van der Waals surface area contributed by atoms with Gasteiger partial charge < -0.3 is 15.1 Å². The first-order valence-corrected chi connectivity index (χ1v) is 14.3. The molecule has 1 aromatic carbocycles. The lowest BCUT2D eigenvalue weighted by atomic mass is 9.89. The molecule has 5 heterocycles. The van der Waals surface area contributed by atoms with Crippen LogP contribution in [0.25, 0.3) is 23.4 Å². The van der Waals surface area contributed by atoms with Gasteiger partial charge in [-0.3, -0.25) is 19.3 Å². The molecule has 3 aliphatic heterocycles. The molecule has 2 amide bonds. The van der Waals surface area contributed by atoms with Gasteiger partial charge in [0.1, 0.15) is 5.69 Å². The van der Waals surface area contributed by atoms with Gasteiger partial charge in [-0.1, -0.05) is 18.2 Å². The maximum atomic E-state index is 13.5. The van der Waals surface area contributed by atoms with E-state index in [2.05, 4.69) is 26.2 Å². The van der Waals surface area contributed by atoms with E-state index in [1.165, 1.54) is 12.8 Å². The molecule has 2 saturated heterocycles. The first kappa shape index (κ1) is 24.3. The Balaban J connectivity index is 1.10. The largest absolute Gasteiger partial charge is 0.349 e. The molecule has 2 aromatic heterocycles. The second kappa shape index (κ2) is 10.1. The fraction of sp³-hybridized carbons (Fsp3) is 0.419. The number of nitrogens with zero attached hydrogens (tertiary/aromatic N) is 5. The minimum Gasteiger partial charge on any atom is -0.349 e. The van der Waals surface area contributed by atoms with E-state index in [4.69, 9.17) is 5.10 Å². The number of carbonyl (C=O) groups excluding carboxylic acids is 2. The molecule has 0 saturated carbocycles. The number of likely N-dealkylation sites (tertiary alicyclic amines) is 2. The average molecular weight is 523 g/mol. The maximum absolute atomic E-state index is 13.5. The van der Waals surface area contributed by atoms with Crippen molar-refractivity contribution in [3.05, 3.63) is 70.2 Å². The van der Waals surface area contributed by atoms with Gasteiger partial charge >= 0.3 is 0 Å². The van der Waals surface area contributed by atoms with Gasteiger partial charge in [-0.15, -0.1) is 0 Å². The van der Waals surface area contributed by atoms with E-state index in [-0.39, 0.29) is 11.8 Å². The van der Waals surface area contributed by atoms with E-state index in [1.807, 2.05) is 47.3 Å². The molecule has 0 spiro atoms. The van der Waals surface area contributed by atoms with Gasteiger partial charge in [-0.25, -0.2) is 0 Å². The van der Waals surface area contributed by atoms with Crippen molar-refractivity contribution in [3.63, 3.8) is 0 Å². The highest BCUT2D eigenvalue weighted by atomic mass is 16.2. The summed E-state index contributed by atoms with van der Waals surface area (Å²) >= 11 is 0. The molecule has 4 aliphatic rings. The minimum absolute atomic E-state index is 0.0293. The van der Waals surface area contributed by atoms with Crippen LogP contribution in [0.3, 0.4) is 0 Å². The van der Waals surface area contributed by atoms with Crippen LogP contribution in [0.5, 0.6) is 0 Å². The quantitative estimate of drug-likeness (QED) is 0.553. The molecule has 8 heteroatoms. The van der Waals surface area contributed by atoms with Gasteiger partial charge in [0.05, 0.1) is 17.9 Å². The van der Waals surface area contributed by atoms with Crippen LogP contribution in [0.4, 0.5) is 0 Å². The third-order valence-electron chi connectivity index (χ3n) is 8.67. The smallest absolute Gasteiger partial charge is 0.269 e. The fourth-order valence-corrected chi connectivity index (χ4v) is 6.68. The van der Waals surface area contributed by atoms with Gasteiger partial charge in [-0.2, -0.15) is 5.10 Å². The van der Waals surface area contributed by atoms with Crippen molar-refractivity contribution in [2.24, 2.45) is 0 Å². The van der Waals surface area contributed by atoms with E-state index < -0.39 is 0 Å². The van der Waals surface area contributed by atoms with Crippen LogP contribution in [0.15, 0.2) is 36.5 Å². The molecule has 8 nitrogen and oxygen atoms in total. The molecular formula is C31H34N6O2. The molecule has 0 radical (unpaired) electrons. The number of hydrogen-bond acceptors (Lipinski definition) is 5. The first-order valence-electron chi connectivity index (χ1n) is 14.3. The van der Waals surface area contributed by atoms with E-state index >= 15 is 0 Å². The summed E-state index contributed by atoms with van der Waals surface area (Å²) in [5, 5.41) is 7.75. The predicted molar refractivity (Wildman–Crippen MR) is 150 cm³/mol. The van der Waals surface area contributed by atoms with Gasteiger partial charge in [0, 0.05) is 48.6 Å². The summed E-state index contributed by atoms with van der Waals surface area (Å²) in [7, 11) is 0. The Hall–Kier alpha value is -3.78. The summed E-state index contributed by atoms with van der Waals surface area (Å²) < 4.78 is 1.85. The Morgan fingerprint density at radius 2 is 1.95 bits per heavy atom. The molecule has 39 heavy (non-hydrogen) atoms. The number of pyridine rings is 1. The molecule has 0 unspecified atom stereocenters. The molecule has 1 N–H and O–H groups in total. The summed E-state index contributed by atoms with van der Waals surface area (Å²) in [6.45, 7) is 5.48. The zero-order valence-corrected chi connectivity index (χ0v) is 22.2. The van der Waals surface area contributed by atoms with Crippen molar-refractivity contribution >= 4 is 24.0 Å². The van der Waals surface area contributed by atoms with Crippen molar-refractivity contribution in [2.75, 3.05) is 32.7 Å². The Morgan fingerprint density at radius 3 is 2.85 bits per heavy atom. The number of rotatable bonds is 5. The standard InChI is InChI=1S/C31H34N6O2/c38-30-29-26-11-9-23-19-33-24(18-27(23)28(26)34-37(29)16-12-32-30)10-8-21-5-3-6-22(17-21)31(39)36-15-4-7-25(36)20-35-13-1-2-14-35/h3,5-6,8,10,17-19,25H,1-2,4,7,9,11-16,20H2,(H,32,38)/b10-8+/t25-/m1/s1. The van der Waals surface area contributed by atoms with Crippen molar-refractivity contribution in [1.29, 1.82) is 0 Å². The number of fused-ring (bicyclic) bond motifs is 5. The lowest BCUT2D eigenvalue weighted by Gasteiger charge is -2.28. The van der Waals surface area contributed by atoms with Crippen molar-refractivity contribution in [1.82, 2.24) is 29.9 Å². The van der Waals surface area contributed by atoms with Crippen molar-refractivity contribution in [3.8, 4) is 11.3 Å². The van der Waals surface area contributed by atoms with Crippen LogP contribution in [-0.4, -0.2) is 75.1 Å². The molecule has 0 bridgehead atoms. The van der Waals surface area contributed by atoms with E-state index in [0.29, 0.717) is 24.8 Å². The lowest BCUT2D eigenvalue weighted by Crippen LogP contribution is -2.42. The summed E-state index contributed by atoms with van der Waals surface area (Å²) in [6.07, 6.45) is 12.3. The highest BCUT2D eigenvalue weighted by Gasteiger charge is 2.32. The summed E-state index contributed by atoms with van der Waals surface area (Å²) in [5.74, 6) is 0.109. The molecular weight excluding hydrogens is 488 g/mol. The number of benzene rings is 1. The minimum atomic E-state index is -0.0293. The molecule has 1 aliphatic carbocycles. The third kappa shape index (κ3) is 4.56. The predicted octanol–water partition coefficient (Wildman–Crippen LogP) is 3.66. The van der Waals surface area contributed by atoms with Crippen LogP contribution < -0.4 is 5.32 Å². The Labute approximate surface area is 228 Å². The molecule has 2 fully saturated rings. The van der Waals surface area contributed by atoms with Crippen LogP contribution in [0.1, 0.15) is 68.9 Å². The second-order valence-corrected chi connectivity index (χ2v) is 11.2. The number of hydrogen-bond donors (Lipinski definition) is 1. The van der Waals surface area contributed by atoms with Gasteiger partial charge in [0.2, 0.25) is 0 Å². The normalized spacial score (nSPS) is 20.7. The summed E-state index contributed by atoms with van der Waals surface area (Å²) in [6, 6.07) is 10.3. The van der Waals surface area contributed by atoms with Crippen LogP contribution in [0.2, 0.25) is 0 Å². The highest BCUT2D eigenvalue weighted by molar-refractivity contribution is 5.97. The molecule has 3 aromatic rings. The van der Waals surface area contributed by atoms with E-state index in [9.17, 15) is 9.59 Å². The van der Waals surface area contributed by atoms with Gasteiger partial charge in [0.15, 0.2) is 0 Å². The number of aromatic nitrogens is 3. The Morgan fingerprint density at radius 1 is 1.05 bits per heavy atom. The summed E-state index contributed by atoms with van der Waals surface area (Å²) in [4.78, 5) is 35.2. The van der Waals surface area contributed by atoms with Crippen LogP contribution >= 0.6 is 0 Å². The lowest BCUT2D eigenvalue weighted by molar-refractivity contribution is 0.0708. The first-order chi connectivity index (χ1) is 19.1. The molecule has 200 valence electrons. The van der Waals surface area contributed by atoms with Gasteiger partial charge in [-0.05, 0) is 87.0 Å². The monoisotopic (exact) mass is 522 g/mol. The second-order valence-electron chi connectivity index (χ2n) is 11.2. The van der Waals surface area contributed by atoms with E-state index in [1.54, 1.807) is 0 Å². The van der Waals surface area contributed by atoms with Crippen molar-refractivity contribution < 1.29 is 9.59 Å². The number of nitrogens with one attached hydrogen (secondary N) is 1. The van der Waals surface area contributed by atoms with Crippen LogP contribution in [0, 0.1) is 0 Å². The zero-order valence-electron chi connectivity index (χ0n) is 22.2. The maximum Gasteiger partial charge on any atom is 0.269 e. The Kier molecular flexibility index (Phi) is 6.27. The number of aryl methyl sites for hydroxylation is 1. The van der Waals surface area contributed by atoms with Gasteiger partial charge in [0.25, 0.3) is 11.8 Å². The molecule has 7 rings (SSSR count). The number of carbonyl (C=O) groups is 2. The van der Waals surface area contributed by atoms with Crippen LogP contribution in [-0.2, 0) is 19.4 Å². The number of amides is 2. The molecule has 1 atom stereocenters. The Bertz CT molecular complexity index is 1470. The summed E-state index contributed by atoms with van der Waals surface area (Å²) in [5.41, 5.74) is 7.43. The SMILES string of the molecule is O=C1NCCn2nc3c(c21)CCc1cnc(/C=C/c2cccc(C(=O)N4CCC[C@@H]4CN4CCCC4)c2)cc1-3. The zero-order chi connectivity index (χ0) is 26.3. The topological polar surface area (TPSA) is 83.4 Å². The average Bonchev–Trinajstić information content (AvgIpc) is 3.72. The van der Waals surface area contributed by atoms with Crippen molar-refractivity contribution in [2.45, 2.75) is 51.1 Å². The van der Waals surface area contributed by atoms with E-state index in [0.717, 1.165) is 91.1 Å².